The van der Waals surface area contributed by atoms with Gasteiger partial charge in [0.15, 0.2) is 0 Å². The van der Waals surface area contributed by atoms with Crippen molar-refractivity contribution in [3.63, 3.8) is 0 Å². The molecule has 5 nitrogen and oxygen atoms in total. The van der Waals surface area contributed by atoms with Gasteiger partial charge in [0.1, 0.15) is 12.2 Å². The predicted molar refractivity (Wildman–Crippen MR) is 54.7 cm³/mol. The molecule has 1 saturated carbocycles. The van der Waals surface area contributed by atoms with Crippen molar-refractivity contribution >= 4 is 17.7 Å². The number of methoxy groups -OCH3 is 1. The summed E-state index contributed by atoms with van der Waals surface area (Å²) >= 11 is 0. The van der Waals surface area contributed by atoms with E-state index in [0.29, 0.717) is 19.3 Å². The van der Waals surface area contributed by atoms with Crippen LogP contribution in [-0.4, -0.2) is 29.9 Å². The molecule has 0 radical (unpaired) electrons. The van der Waals surface area contributed by atoms with E-state index in [1.165, 1.54) is 7.11 Å². The zero-order valence-corrected chi connectivity index (χ0v) is 9.27. The van der Waals surface area contributed by atoms with E-state index < -0.39 is 17.9 Å². The van der Waals surface area contributed by atoms with Gasteiger partial charge in [0.05, 0.1) is 13.0 Å². The lowest BCUT2D eigenvalue weighted by Gasteiger charge is -2.25. The molecule has 90 valence electrons. The van der Waals surface area contributed by atoms with E-state index in [2.05, 4.69) is 4.74 Å². The molecule has 0 saturated heterocycles. The molecule has 0 heterocycles. The molecule has 0 bridgehead atoms. The quantitative estimate of drug-likeness (QED) is 0.573. The molecule has 1 rings (SSSR count). The van der Waals surface area contributed by atoms with E-state index in [-0.39, 0.29) is 18.1 Å². The first-order valence-corrected chi connectivity index (χ1v) is 5.37. The Bertz CT molecular complexity index is 297. The Kier molecular flexibility index (Phi) is 4.46. The SMILES string of the molecule is COC(=O)CC(=O)C1CCCC(C(=O)O)C1. The maximum absolute atomic E-state index is 11.6. The lowest BCUT2D eigenvalue weighted by atomic mass is 9.79. The summed E-state index contributed by atoms with van der Waals surface area (Å²) in [6, 6.07) is 0. The Morgan fingerprint density at radius 1 is 1.25 bits per heavy atom. The summed E-state index contributed by atoms with van der Waals surface area (Å²) in [6.07, 6.45) is 2.14. The van der Waals surface area contributed by atoms with Crippen molar-refractivity contribution in [2.75, 3.05) is 7.11 Å². The van der Waals surface area contributed by atoms with Gasteiger partial charge in [-0.1, -0.05) is 6.42 Å². The summed E-state index contributed by atoms with van der Waals surface area (Å²) in [4.78, 5) is 33.4. The fourth-order valence-electron chi connectivity index (χ4n) is 2.07. The summed E-state index contributed by atoms with van der Waals surface area (Å²) in [5.41, 5.74) is 0. The summed E-state index contributed by atoms with van der Waals surface area (Å²) in [5, 5.41) is 8.86. The molecule has 0 spiro atoms. The monoisotopic (exact) mass is 228 g/mol. The average molecular weight is 228 g/mol. The van der Waals surface area contributed by atoms with Gasteiger partial charge in [0.25, 0.3) is 0 Å². The van der Waals surface area contributed by atoms with Crippen LogP contribution in [0, 0.1) is 11.8 Å². The number of rotatable bonds is 4. The maximum atomic E-state index is 11.6. The molecule has 0 aromatic rings. The number of esters is 1. The molecule has 16 heavy (non-hydrogen) atoms. The summed E-state index contributed by atoms with van der Waals surface area (Å²) in [7, 11) is 1.23. The van der Waals surface area contributed by atoms with Gasteiger partial charge in [-0.05, 0) is 19.3 Å². The van der Waals surface area contributed by atoms with E-state index in [9.17, 15) is 14.4 Å². The lowest BCUT2D eigenvalue weighted by Crippen LogP contribution is -2.28. The van der Waals surface area contributed by atoms with Gasteiger partial charge in [-0.25, -0.2) is 0 Å². The van der Waals surface area contributed by atoms with Crippen molar-refractivity contribution < 1.29 is 24.2 Å². The van der Waals surface area contributed by atoms with E-state index in [4.69, 9.17) is 5.11 Å². The molecule has 0 aromatic carbocycles. The van der Waals surface area contributed by atoms with Crippen LogP contribution in [0.15, 0.2) is 0 Å². The van der Waals surface area contributed by atoms with Crippen molar-refractivity contribution in [2.45, 2.75) is 32.1 Å². The minimum absolute atomic E-state index is 0.196. The Labute approximate surface area is 93.8 Å². The first-order valence-electron chi connectivity index (χ1n) is 5.37. The molecule has 2 atom stereocenters. The number of hydrogen-bond donors (Lipinski definition) is 1. The summed E-state index contributed by atoms with van der Waals surface area (Å²) < 4.78 is 4.41. The van der Waals surface area contributed by atoms with E-state index in [0.717, 1.165) is 6.42 Å². The van der Waals surface area contributed by atoms with Gasteiger partial charge in [-0.2, -0.15) is 0 Å². The number of carbonyl (C=O) groups is 3. The van der Waals surface area contributed by atoms with Crippen molar-refractivity contribution in [1.82, 2.24) is 0 Å². The van der Waals surface area contributed by atoms with Gasteiger partial charge in [-0.15, -0.1) is 0 Å². The van der Waals surface area contributed by atoms with Crippen LogP contribution in [0.3, 0.4) is 0 Å². The van der Waals surface area contributed by atoms with Crippen LogP contribution in [0.4, 0.5) is 0 Å². The van der Waals surface area contributed by atoms with E-state index in [1.54, 1.807) is 0 Å². The minimum Gasteiger partial charge on any atom is -0.481 e. The molecule has 1 N–H and O–H groups in total. The fourth-order valence-corrected chi connectivity index (χ4v) is 2.07. The van der Waals surface area contributed by atoms with Crippen LogP contribution in [-0.2, 0) is 19.1 Å². The summed E-state index contributed by atoms with van der Waals surface area (Å²) in [6.45, 7) is 0. The number of ether oxygens (including phenoxy) is 1. The number of carboxylic acid groups (broad SMARTS) is 1. The molecule has 2 unspecified atom stereocenters. The van der Waals surface area contributed by atoms with Crippen LogP contribution < -0.4 is 0 Å². The molecular weight excluding hydrogens is 212 g/mol. The summed E-state index contributed by atoms with van der Waals surface area (Å²) in [5.74, 6) is -2.34. The van der Waals surface area contributed by atoms with Crippen LogP contribution in [0.1, 0.15) is 32.1 Å². The highest BCUT2D eigenvalue weighted by atomic mass is 16.5. The van der Waals surface area contributed by atoms with Crippen molar-refractivity contribution in [2.24, 2.45) is 11.8 Å². The van der Waals surface area contributed by atoms with Crippen LogP contribution in [0.2, 0.25) is 0 Å². The molecular formula is C11H16O5. The smallest absolute Gasteiger partial charge is 0.313 e. The Hall–Kier alpha value is -1.39. The van der Waals surface area contributed by atoms with Crippen LogP contribution >= 0.6 is 0 Å². The van der Waals surface area contributed by atoms with Gasteiger partial charge in [-0.3, -0.25) is 14.4 Å². The van der Waals surface area contributed by atoms with Gasteiger partial charge >= 0.3 is 11.9 Å². The number of carboxylic acids is 1. The zero-order chi connectivity index (χ0) is 12.1. The number of aliphatic carboxylic acids is 1. The molecule has 0 aromatic heterocycles. The van der Waals surface area contributed by atoms with Crippen LogP contribution in [0.5, 0.6) is 0 Å². The number of ketones is 1. The second kappa shape index (κ2) is 5.63. The second-order valence-electron chi connectivity index (χ2n) is 4.12. The van der Waals surface area contributed by atoms with Gasteiger partial charge in [0, 0.05) is 5.92 Å². The lowest BCUT2D eigenvalue weighted by molar-refractivity contribution is -0.145. The van der Waals surface area contributed by atoms with Gasteiger partial charge in [0.2, 0.25) is 0 Å². The molecule has 0 amide bonds. The highest BCUT2D eigenvalue weighted by Crippen LogP contribution is 2.30. The number of hydrogen-bond acceptors (Lipinski definition) is 4. The Balaban J connectivity index is 2.50. The first kappa shape index (κ1) is 12.7. The number of Topliss-reactive ketones (excluding diaryl/α,β-unsaturated/α-hetero) is 1. The normalized spacial score (nSPS) is 24.8. The fraction of sp³-hybridized carbons (Fsp3) is 0.727. The van der Waals surface area contributed by atoms with Gasteiger partial charge < -0.3 is 9.84 Å². The Morgan fingerprint density at radius 2 is 1.88 bits per heavy atom. The van der Waals surface area contributed by atoms with Crippen molar-refractivity contribution in [3.05, 3.63) is 0 Å². The minimum atomic E-state index is -0.851. The Morgan fingerprint density at radius 3 is 2.44 bits per heavy atom. The molecule has 1 aliphatic rings. The van der Waals surface area contributed by atoms with E-state index in [1.807, 2.05) is 0 Å². The third-order valence-corrected chi connectivity index (χ3v) is 3.03. The third-order valence-electron chi connectivity index (χ3n) is 3.03. The van der Waals surface area contributed by atoms with Crippen molar-refractivity contribution in [3.8, 4) is 0 Å². The topological polar surface area (TPSA) is 80.7 Å². The largest absolute Gasteiger partial charge is 0.481 e. The molecule has 5 heteroatoms. The van der Waals surface area contributed by atoms with E-state index >= 15 is 0 Å². The first-order chi connectivity index (χ1) is 7.54. The average Bonchev–Trinajstić information content (AvgIpc) is 2.28. The zero-order valence-electron chi connectivity index (χ0n) is 9.27. The maximum Gasteiger partial charge on any atom is 0.313 e. The number of carbonyl (C=O) groups excluding carboxylic acids is 2. The standard InChI is InChI=1S/C11H16O5/c1-16-10(13)6-9(12)7-3-2-4-8(5-7)11(14)15/h7-8H,2-6H2,1H3,(H,14,15). The highest BCUT2D eigenvalue weighted by Gasteiger charge is 2.31. The molecule has 1 aliphatic carbocycles. The van der Waals surface area contributed by atoms with Crippen LogP contribution in [0.25, 0.3) is 0 Å². The highest BCUT2D eigenvalue weighted by molar-refractivity contribution is 5.97. The molecule has 0 aliphatic heterocycles. The predicted octanol–water partition coefficient (Wildman–Crippen LogP) is 1.01. The second-order valence-corrected chi connectivity index (χ2v) is 4.12. The van der Waals surface area contributed by atoms with Crippen molar-refractivity contribution in [1.29, 1.82) is 0 Å². The molecule has 1 fully saturated rings. The third kappa shape index (κ3) is 3.32.